The second-order valence-electron chi connectivity index (χ2n) is 4.71. The maximum absolute atomic E-state index is 5.93. The van der Waals surface area contributed by atoms with Crippen LogP contribution in [0.25, 0.3) is 20.8 Å². The van der Waals surface area contributed by atoms with E-state index in [1.165, 1.54) is 0 Å². The van der Waals surface area contributed by atoms with Crippen LogP contribution in [0, 0.1) is 6.92 Å². The molecule has 0 aromatic carbocycles. The van der Waals surface area contributed by atoms with Gasteiger partial charge in [-0.15, -0.1) is 11.3 Å². The summed E-state index contributed by atoms with van der Waals surface area (Å²) in [4.78, 5) is 5.58. The van der Waals surface area contributed by atoms with Gasteiger partial charge in [-0.05, 0) is 18.6 Å². The van der Waals surface area contributed by atoms with Crippen LogP contribution in [-0.2, 0) is 4.74 Å². The fourth-order valence-electron chi connectivity index (χ4n) is 2.25. The van der Waals surface area contributed by atoms with Crippen molar-refractivity contribution in [1.29, 1.82) is 0 Å². The topological polar surface area (TPSA) is 88.9 Å². The molecule has 0 aliphatic rings. The Hall–Kier alpha value is -2.12. The summed E-state index contributed by atoms with van der Waals surface area (Å²) in [5, 5.41) is 10.5. The number of fused-ring (bicyclic) bond motifs is 1. The summed E-state index contributed by atoms with van der Waals surface area (Å²) < 4.78 is 6.17. The van der Waals surface area contributed by atoms with Crippen LogP contribution in [0.1, 0.15) is 5.56 Å². The molecule has 0 aliphatic carbocycles. The summed E-state index contributed by atoms with van der Waals surface area (Å²) in [7, 11) is 1.68. The van der Waals surface area contributed by atoms with E-state index >= 15 is 0 Å². The minimum absolute atomic E-state index is 0.511. The third kappa shape index (κ3) is 2.57. The number of nitrogens with two attached hydrogens (primary N) is 1. The molecule has 0 radical (unpaired) electrons. The maximum Gasteiger partial charge on any atom is 0.126 e. The monoisotopic (exact) mass is 303 g/mol. The second kappa shape index (κ2) is 5.71. The SMILES string of the molecule is COCCNc1cc(N)nc2c(C)c(-c3cc[nH]n3)sc12. The summed E-state index contributed by atoms with van der Waals surface area (Å²) in [6.07, 6.45) is 1.82. The Morgan fingerprint density at radius 2 is 2.33 bits per heavy atom. The van der Waals surface area contributed by atoms with E-state index in [0.29, 0.717) is 12.4 Å². The van der Waals surface area contributed by atoms with Gasteiger partial charge in [0.2, 0.25) is 0 Å². The van der Waals surface area contributed by atoms with Crippen LogP contribution >= 0.6 is 11.3 Å². The Balaban J connectivity index is 2.09. The molecule has 3 rings (SSSR count). The number of hydrogen-bond donors (Lipinski definition) is 3. The Morgan fingerprint density at radius 1 is 1.48 bits per heavy atom. The van der Waals surface area contributed by atoms with Crippen molar-refractivity contribution in [2.45, 2.75) is 6.92 Å². The number of aromatic amines is 1. The molecule has 4 N–H and O–H groups in total. The van der Waals surface area contributed by atoms with Crippen LogP contribution < -0.4 is 11.1 Å². The fraction of sp³-hybridized carbons (Fsp3) is 0.286. The lowest BCUT2D eigenvalue weighted by Gasteiger charge is -2.07. The number of thiophene rings is 1. The molecule has 0 atom stereocenters. The molecule has 0 amide bonds. The summed E-state index contributed by atoms with van der Waals surface area (Å²) in [6.45, 7) is 3.41. The van der Waals surface area contributed by atoms with E-state index in [4.69, 9.17) is 10.5 Å². The zero-order valence-corrected chi connectivity index (χ0v) is 12.8. The Bertz CT molecular complexity index is 750. The lowest BCUT2D eigenvalue weighted by molar-refractivity contribution is 0.211. The Morgan fingerprint density at radius 3 is 3.05 bits per heavy atom. The fourth-order valence-corrected chi connectivity index (χ4v) is 3.46. The predicted molar refractivity (Wildman–Crippen MR) is 86.7 cm³/mol. The van der Waals surface area contributed by atoms with Crippen LogP contribution in [0.2, 0.25) is 0 Å². The summed E-state index contributed by atoms with van der Waals surface area (Å²) in [5.41, 5.74) is 9.87. The van der Waals surface area contributed by atoms with Gasteiger partial charge in [-0.2, -0.15) is 5.10 Å². The quantitative estimate of drug-likeness (QED) is 0.631. The molecule has 6 nitrogen and oxygen atoms in total. The lowest BCUT2D eigenvalue weighted by Crippen LogP contribution is -2.08. The van der Waals surface area contributed by atoms with Gasteiger partial charge >= 0.3 is 0 Å². The number of rotatable bonds is 5. The van der Waals surface area contributed by atoms with Crippen molar-refractivity contribution in [3.05, 3.63) is 23.9 Å². The Labute approximate surface area is 126 Å². The molecule has 21 heavy (non-hydrogen) atoms. The third-order valence-corrected chi connectivity index (χ3v) is 4.58. The standard InChI is InChI=1S/C14H17N5OS/c1-8-12-14(21-13(8)9-3-4-17-19-9)10(7-11(15)18-12)16-5-6-20-2/h3-4,7H,5-6H2,1-2H3,(H,17,19)(H3,15,16,18). The average Bonchev–Trinajstić information content (AvgIpc) is 3.08. The molecule has 3 aromatic heterocycles. The number of nitrogens with one attached hydrogen (secondary N) is 2. The molecular weight excluding hydrogens is 286 g/mol. The van der Waals surface area contributed by atoms with E-state index in [2.05, 4.69) is 20.5 Å². The molecule has 3 heterocycles. The molecular formula is C14H17N5OS. The van der Waals surface area contributed by atoms with Crippen molar-refractivity contribution in [1.82, 2.24) is 15.2 Å². The first-order chi connectivity index (χ1) is 10.2. The number of nitrogens with zero attached hydrogens (tertiary/aromatic N) is 2. The van der Waals surface area contributed by atoms with Gasteiger partial charge in [0.15, 0.2) is 0 Å². The van der Waals surface area contributed by atoms with Gasteiger partial charge in [0, 0.05) is 25.9 Å². The highest BCUT2D eigenvalue weighted by Gasteiger charge is 2.16. The number of ether oxygens (including phenoxy) is 1. The van der Waals surface area contributed by atoms with Crippen LogP contribution in [-0.4, -0.2) is 35.4 Å². The number of methoxy groups -OCH3 is 1. The number of hydrogen-bond acceptors (Lipinski definition) is 6. The number of anilines is 2. The van der Waals surface area contributed by atoms with Gasteiger partial charge < -0.3 is 15.8 Å². The molecule has 0 bridgehead atoms. The first kappa shape index (κ1) is 13.8. The molecule has 7 heteroatoms. The molecule has 0 unspecified atom stereocenters. The average molecular weight is 303 g/mol. The van der Waals surface area contributed by atoms with E-state index < -0.39 is 0 Å². The van der Waals surface area contributed by atoms with Gasteiger partial charge in [-0.25, -0.2) is 4.98 Å². The minimum atomic E-state index is 0.511. The third-order valence-electron chi connectivity index (χ3n) is 3.25. The van der Waals surface area contributed by atoms with E-state index in [0.717, 1.165) is 38.6 Å². The maximum atomic E-state index is 5.93. The molecule has 110 valence electrons. The minimum Gasteiger partial charge on any atom is -0.384 e. The second-order valence-corrected chi connectivity index (χ2v) is 5.73. The van der Waals surface area contributed by atoms with Crippen molar-refractivity contribution in [3.63, 3.8) is 0 Å². The number of aryl methyl sites for hydroxylation is 1. The van der Waals surface area contributed by atoms with E-state index in [1.807, 2.05) is 25.3 Å². The van der Waals surface area contributed by atoms with E-state index in [1.54, 1.807) is 18.4 Å². The first-order valence-electron chi connectivity index (χ1n) is 6.63. The van der Waals surface area contributed by atoms with E-state index in [-0.39, 0.29) is 0 Å². The Kier molecular flexibility index (Phi) is 3.76. The van der Waals surface area contributed by atoms with Crippen LogP contribution in [0.4, 0.5) is 11.5 Å². The van der Waals surface area contributed by atoms with Crippen molar-refractivity contribution in [2.24, 2.45) is 0 Å². The number of pyridine rings is 1. The normalized spacial score (nSPS) is 11.1. The highest BCUT2D eigenvalue weighted by Crippen LogP contribution is 2.40. The summed E-state index contributed by atoms with van der Waals surface area (Å²) in [6, 6.07) is 3.82. The predicted octanol–water partition coefficient (Wildman–Crippen LogP) is 2.64. The number of aromatic nitrogens is 3. The highest BCUT2D eigenvalue weighted by atomic mass is 32.1. The molecule has 3 aromatic rings. The molecule has 0 spiro atoms. The zero-order valence-electron chi connectivity index (χ0n) is 11.9. The van der Waals surface area contributed by atoms with Crippen molar-refractivity contribution >= 4 is 33.1 Å². The van der Waals surface area contributed by atoms with E-state index in [9.17, 15) is 0 Å². The smallest absolute Gasteiger partial charge is 0.126 e. The van der Waals surface area contributed by atoms with Gasteiger partial charge in [0.25, 0.3) is 0 Å². The molecule has 0 aliphatic heterocycles. The number of nitrogen functional groups attached to an aromatic ring is 1. The van der Waals surface area contributed by atoms with Crippen molar-refractivity contribution < 1.29 is 4.74 Å². The van der Waals surface area contributed by atoms with Gasteiger partial charge in [-0.1, -0.05) is 0 Å². The first-order valence-corrected chi connectivity index (χ1v) is 7.45. The molecule has 0 saturated heterocycles. The zero-order chi connectivity index (χ0) is 14.8. The highest BCUT2D eigenvalue weighted by molar-refractivity contribution is 7.23. The van der Waals surface area contributed by atoms with Gasteiger partial charge in [0.1, 0.15) is 11.5 Å². The molecule has 0 fully saturated rings. The largest absolute Gasteiger partial charge is 0.384 e. The summed E-state index contributed by atoms with van der Waals surface area (Å²) in [5.74, 6) is 0.511. The summed E-state index contributed by atoms with van der Waals surface area (Å²) >= 11 is 1.67. The van der Waals surface area contributed by atoms with Gasteiger partial charge in [0.05, 0.1) is 27.4 Å². The molecule has 0 saturated carbocycles. The van der Waals surface area contributed by atoms with Crippen molar-refractivity contribution in [3.8, 4) is 10.6 Å². The lowest BCUT2D eigenvalue weighted by atomic mass is 10.2. The van der Waals surface area contributed by atoms with Gasteiger partial charge in [-0.3, -0.25) is 5.10 Å². The van der Waals surface area contributed by atoms with Crippen LogP contribution in [0.3, 0.4) is 0 Å². The van der Waals surface area contributed by atoms with Crippen LogP contribution in [0.5, 0.6) is 0 Å². The number of H-pyrrole nitrogens is 1. The van der Waals surface area contributed by atoms with Crippen molar-refractivity contribution in [2.75, 3.05) is 31.3 Å². The van der Waals surface area contributed by atoms with Crippen LogP contribution in [0.15, 0.2) is 18.3 Å².